The third kappa shape index (κ3) is 1.60. The van der Waals surface area contributed by atoms with Crippen LogP contribution in [0.2, 0.25) is 0 Å². The molecule has 2 heteroatoms. The van der Waals surface area contributed by atoms with Crippen molar-refractivity contribution in [2.24, 2.45) is 0 Å². The summed E-state index contributed by atoms with van der Waals surface area (Å²) >= 11 is 0. The zero-order chi connectivity index (χ0) is 11.0. The SMILES string of the molecule is CCc1ccc2cc(O)cc(C(C)C)n12. The third-order valence-corrected chi connectivity index (χ3v) is 2.80. The minimum absolute atomic E-state index is 0.354. The minimum atomic E-state index is 0.354. The van der Waals surface area contributed by atoms with Crippen LogP contribution >= 0.6 is 0 Å². The van der Waals surface area contributed by atoms with Crippen molar-refractivity contribution in [1.29, 1.82) is 0 Å². The summed E-state index contributed by atoms with van der Waals surface area (Å²) in [5, 5.41) is 9.63. The second-order valence-electron chi connectivity index (χ2n) is 4.23. The third-order valence-electron chi connectivity index (χ3n) is 2.80. The van der Waals surface area contributed by atoms with Gasteiger partial charge in [0.1, 0.15) is 5.75 Å². The summed E-state index contributed by atoms with van der Waals surface area (Å²) in [5.41, 5.74) is 3.55. The molecule has 1 N–H and O–H groups in total. The molecule has 2 aromatic rings. The van der Waals surface area contributed by atoms with Gasteiger partial charge in [0.05, 0.1) is 0 Å². The number of aromatic nitrogens is 1. The van der Waals surface area contributed by atoms with E-state index >= 15 is 0 Å². The second kappa shape index (κ2) is 3.61. The zero-order valence-electron chi connectivity index (χ0n) is 9.49. The molecule has 0 fully saturated rings. The van der Waals surface area contributed by atoms with E-state index in [0.717, 1.165) is 11.9 Å². The lowest BCUT2D eigenvalue weighted by atomic mass is 10.1. The molecule has 15 heavy (non-hydrogen) atoms. The van der Waals surface area contributed by atoms with Gasteiger partial charge in [0.15, 0.2) is 0 Å². The molecular weight excluding hydrogens is 186 g/mol. The molecule has 0 aliphatic heterocycles. The topological polar surface area (TPSA) is 24.6 Å². The van der Waals surface area contributed by atoms with Crippen LogP contribution in [0.15, 0.2) is 24.3 Å². The average molecular weight is 203 g/mol. The quantitative estimate of drug-likeness (QED) is 0.795. The van der Waals surface area contributed by atoms with Crippen molar-refractivity contribution in [2.45, 2.75) is 33.1 Å². The van der Waals surface area contributed by atoms with Crippen LogP contribution in [0.4, 0.5) is 0 Å². The van der Waals surface area contributed by atoms with Gasteiger partial charge < -0.3 is 9.51 Å². The molecule has 2 rings (SSSR count). The highest BCUT2D eigenvalue weighted by Gasteiger charge is 2.09. The fourth-order valence-electron chi connectivity index (χ4n) is 2.03. The Balaban J connectivity index is 2.79. The maximum Gasteiger partial charge on any atom is 0.119 e. The Morgan fingerprint density at radius 1 is 1.27 bits per heavy atom. The summed E-state index contributed by atoms with van der Waals surface area (Å²) in [5.74, 6) is 0.768. The van der Waals surface area contributed by atoms with Crippen LogP contribution in [0.25, 0.3) is 5.52 Å². The summed E-state index contributed by atoms with van der Waals surface area (Å²) < 4.78 is 2.24. The minimum Gasteiger partial charge on any atom is -0.508 e. The number of aromatic hydroxyl groups is 1. The normalized spacial score (nSPS) is 11.5. The van der Waals surface area contributed by atoms with Gasteiger partial charge in [-0.3, -0.25) is 0 Å². The van der Waals surface area contributed by atoms with Crippen LogP contribution in [0.5, 0.6) is 5.75 Å². The summed E-state index contributed by atoms with van der Waals surface area (Å²) in [7, 11) is 0. The van der Waals surface area contributed by atoms with Gasteiger partial charge in [-0.15, -0.1) is 0 Å². The van der Waals surface area contributed by atoms with Crippen LogP contribution in [0.1, 0.15) is 38.1 Å². The standard InChI is InChI=1S/C13H17NO/c1-4-10-5-6-11-7-12(15)8-13(9(2)3)14(10)11/h5-9,15H,4H2,1-3H3. The summed E-state index contributed by atoms with van der Waals surface area (Å²) in [6.07, 6.45) is 1.01. The largest absolute Gasteiger partial charge is 0.508 e. The van der Waals surface area contributed by atoms with E-state index in [1.165, 1.54) is 11.4 Å². The van der Waals surface area contributed by atoms with Crippen LogP contribution in [0, 0.1) is 0 Å². The van der Waals surface area contributed by atoms with Crippen LogP contribution < -0.4 is 0 Å². The average Bonchev–Trinajstić information content (AvgIpc) is 2.58. The lowest BCUT2D eigenvalue weighted by Crippen LogP contribution is -2.01. The molecule has 0 aromatic carbocycles. The Morgan fingerprint density at radius 3 is 2.60 bits per heavy atom. The number of fused-ring (bicyclic) bond motifs is 1. The number of hydrogen-bond acceptors (Lipinski definition) is 1. The van der Waals surface area contributed by atoms with E-state index in [2.05, 4.69) is 37.3 Å². The number of nitrogens with zero attached hydrogens (tertiary/aromatic N) is 1. The molecule has 0 saturated heterocycles. The maximum absolute atomic E-state index is 9.63. The molecule has 0 atom stereocenters. The van der Waals surface area contributed by atoms with Gasteiger partial charge >= 0.3 is 0 Å². The predicted octanol–water partition coefficient (Wildman–Crippen LogP) is 3.33. The highest BCUT2D eigenvalue weighted by atomic mass is 16.3. The first-order valence-electron chi connectivity index (χ1n) is 5.46. The summed E-state index contributed by atoms with van der Waals surface area (Å²) in [6.45, 7) is 6.44. The van der Waals surface area contributed by atoms with E-state index < -0.39 is 0 Å². The summed E-state index contributed by atoms with van der Waals surface area (Å²) in [4.78, 5) is 0. The van der Waals surface area contributed by atoms with E-state index in [-0.39, 0.29) is 0 Å². The molecule has 0 radical (unpaired) electrons. The number of hydrogen-bond donors (Lipinski definition) is 1. The number of pyridine rings is 1. The van der Waals surface area contributed by atoms with Crippen LogP contribution in [0.3, 0.4) is 0 Å². The van der Waals surface area contributed by atoms with E-state index in [1.54, 1.807) is 0 Å². The Morgan fingerprint density at radius 2 is 2.00 bits per heavy atom. The fraction of sp³-hybridized carbons (Fsp3) is 0.385. The van der Waals surface area contributed by atoms with Gasteiger partial charge in [-0.1, -0.05) is 20.8 Å². The van der Waals surface area contributed by atoms with Crippen molar-refractivity contribution in [3.8, 4) is 5.75 Å². The van der Waals surface area contributed by atoms with Crippen molar-refractivity contribution in [2.75, 3.05) is 0 Å². The molecule has 0 saturated carbocycles. The maximum atomic E-state index is 9.63. The predicted molar refractivity (Wildman–Crippen MR) is 62.5 cm³/mol. The van der Waals surface area contributed by atoms with Gasteiger partial charge in [-0.05, 0) is 24.5 Å². The zero-order valence-corrected chi connectivity index (χ0v) is 9.49. The molecule has 0 unspecified atom stereocenters. The Hall–Kier alpha value is -1.44. The molecule has 2 aromatic heterocycles. The van der Waals surface area contributed by atoms with E-state index in [0.29, 0.717) is 11.7 Å². The van der Waals surface area contributed by atoms with Gasteiger partial charge in [0, 0.05) is 29.0 Å². The first-order valence-corrected chi connectivity index (χ1v) is 5.46. The van der Waals surface area contributed by atoms with Crippen molar-refractivity contribution >= 4 is 5.52 Å². The summed E-state index contributed by atoms with van der Waals surface area (Å²) in [6, 6.07) is 7.85. The van der Waals surface area contributed by atoms with Crippen molar-refractivity contribution < 1.29 is 5.11 Å². The lowest BCUT2D eigenvalue weighted by Gasteiger charge is -2.13. The smallest absolute Gasteiger partial charge is 0.119 e. The molecule has 2 nitrogen and oxygen atoms in total. The molecule has 80 valence electrons. The lowest BCUT2D eigenvalue weighted by molar-refractivity contribution is 0.473. The first kappa shape index (κ1) is 10.1. The van der Waals surface area contributed by atoms with Crippen molar-refractivity contribution in [3.63, 3.8) is 0 Å². The van der Waals surface area contributed by atoms with Gasteiger partial charge in [0.25, 0.3) is 0 Å². The monoisotopic (exact) mass is 203 g/mol. The molecule has 0 aliphatic carbocycles. The fourth-order valence-corrected chi connectivity index (χ4v) is 2.03. The highest BCUT2D eigenvalue weighted by molar-refractivity contribution is 5.55. The van der Waals surface area contributed by atoms with E-state index in [4.69, 9.17) is 0 Å². The number of rotatable bonds is 2. The Kier molecular flexibility index (Phi) is 2.43. The molecule has 0 amide bonds. The molecule has 0 bridgehead atoms. The van der Waals surface area contributed by atoms with Crippen molar-refractivity contribution in [3.05, 3.63) is 35.7 Å². The molecule has 2 heterocycles. The van der Waals surface area contributed by atoms with Gasteiger partial charge in [-0.25, -0.2) is 0 Å². The van der Waals surface area contributed by atoms with E-state index in [1.807, 2.05) is 12.1 Å². The van der Waals surface area contributed by atoms with Gasteiger partial charge in [0.2, 0.25) is 0 Å². The molecule has 0 spiro atoms. The van der Waals surface area contributed by atoms with Gasteiger partial charge in [-0.2, -0.15) is 0 Å². The highest BCUT2D eigenvalue weighted by Crippen LogP contribution is 2.25. The molecule has 0 aliphatic rings. The number of aryl methyl sites for hydroxylation is 1. The molecular formula is C13H17NO. The second-order valence-corrected chi connectivity index (χ2v) is 4.23. The van der Waals surface area contributed by atoms with Crippen LogP contribution in [-0.4, -0.2) is 9.51 Å². The van der Waals surface area contributed by atoms with E-state index in [9.17, 15) is 5.11 Å². The Bertz CT molecular complexity index is 482. The van der Waals surface area contributed by atoms with Crippen LogP contribution in [-0.2, 0) is 6.42 Å². The first-order chi connectivity index (χ1) is 7.13. The Labute approximate surface area is 90.2 Å². The van der Waals surface area contributed by atoms with Crippen molar-refractivity contribution in [1.82, 2.24) is 4.40 Å².